The predicted molar refractivity (Wildman–Crippen MR) is 116 cm³/mol. The predicted octanol–water partition coefficient (Wildman–Crippen LogP) is 3.24. The third-order valence-electron chi connectivity index (χ3n) is 5.87. The molecule has 0 N–H and O–H groups in total. The van der Waals surface area contributed by atoms with Crippen LogP contribution in [0.2, 0.25) is 0 Å². The van der Waals surface area contributed by atoms with E-state index in [1.54, 1.807) is 6.20 Å². The van der Waals surface area contributed by atoms with Crippen LogP contribution in [0, 0.1) is 11.3 Å². The Morgan fingerprint density at radius 2 is 2.00 bits per heavy atom. The number of carbonyl (C=O) groups excluding carboxylic acids is 1. The summed E-state index contributed by atoms with van der Waals surface area (Å²) in [6, 6.07) is 10.7. The summed E-state index contributed by atoms with van der Waals surface area (Å²) in [5.41, 5.74) is 1.94. The highest BCUT2D eigenvalue weighted by Gasteiger charge is 2.38. The van der Waals surface area contributed by atoms with Crippen molar-refractivity contribution in [3.05, 3.63) is 36.0 Å². The SMILES string of the molecule is C[C@H]1CN(c2ccc(C#N)c3ncccc23)C[C@@H]2CN(C(=O)OC(C)(C)C)CCN21. The van der Waals surface area contributed by atoms with Crippen LogP contribution in [0.3, 0.4) is 0 Å². The number of fused-ring (bicyclic) bond motifs is 2. The molecule has 30 heavy (non-hydrogen) atoms. The van der Waals surface area contributed by atoms with E-state index < -0.39 is 5.60 Å². The van der Waals surface area contributed by atoms with E-state index in [1.807, 2.05) is 49.9 Å². The summed E-state index contributed by atoms with van der Waals surface area (Å²) in [4.78, 5) is 23.8. The zero-order chi connectivity index (χ0) is 21.5. The molecule has 0 aliphatic carbocycles. The van der Waals surface area contributed by atoms with Crippen molar-refractivity contribution < 1.29 is 9.53 Å². The molecule has 2 aromatic rings. The van der Waals surface area contributed by atoms with Gasteiger partial charge in [-0.05, 0) is 52.0 Å². The van der Waals surface area contributed by atoms with Crippen molar-refractivity contribution in [3.63, 3.8) is 0 Å². The van der Waals surface area contributed by atoms with Gasteiger partial charge in [-0.15, -0.1) is 0 Å². The smallest absolute Gasteiger partial charge is 0.410 e. The Balaban J connectivity index is 1.58. The highest BCUT2D eigenvalue weighted by atomic mass is 16.6. The van der Waals surface area contributed by atoms with Gasteiger partial charge < -0.3 is 14.5 Å². The fourth-order valence-electron chi connectivity index (χ4n) is 4.58. The molecule has 1 aromatic carbocycles. The van der Waals surface area contributed by atoms with Gasteiger partial charge in [-0.1, -0.05) is 0 Å². The molecule has 2 saturated heterocycles. The van der Waals surface area contributed by atoms with E-state index in [0.29, 0.717) is 24.7 Å². The number of ether oxygens (including phenoxy) is 1. The average molecular weight is 408 g/mol. The molecule has 158 valence electrons. The number of carbonyl (C=O) groups is 1. The van der Waals surface area contributed by atoms with Gasteiger partial charge in [0.25, 0.3) is 0 Å². The lowest BCUT2D eigenvalue weighted by Crippen LogP contribution is -2.66. The molecule has 2 aliphatic heterocycles. The zero-order valence-corrected chi connectivity index (χ0v) is 18.1. The summed E-state index contributed by atoms with van der Waals surface area (Å²) in [5, 5.41) is 10.4. The van der Waals surface area contributed by atoms with E-state index in [0.717, 1.165) is 36.2 Å². The van der Waals surface area contributed by atoms with Gasteiger partial charge in [-0.25, -0.2) is 4.79 Å². The molecule has 1 aromatic heterocycles. The highest BCUT2D eigenvalue weighted by Crippen LogP contribution is 2.32. The van der Waals surface area contributed by atoms with E-state index >= 15 is 0 Å². The van der Waals surface area contributed by atoms with Crippen LogP contribution in [0.4, 0.5) is 10.5 Å². The van der Waals surface area contributed by atoms with Crippen molar-refractivity contribution >= 4 is 22.7 Å². The van der Waals surface area contributed by atoms with E-state index in [4.69, 9.17) is 4.74 Å². The van der Waals surface area contributed by atoms with Crippen LogP contribution in [0.5, 0.6) is 0 Å². The first kappa shape index (κ1) is 20.4. The Kier molecular flexibility index (Phi) is 5.29. The lowest BCUT2D eigenvalue weighted by molar-refractivity contribution is -0.00654. The zero-order valence-electron chi connectivity index (χ0n) is 18.1. The number of aromatic nitrogens is 1. The molecule has 0 spiro atoms. The number of rotatable bonds is 1. The third kappa shape index (κ3) is 3.92. The standard InChI is InChI=1S/C23H29N5O2/c1-16-13-27(20-8-7-17(12-24)21-19(20)6-5-9-25-21)15-18-14-26(10-11-28(16)18)22(29)30-23(2,3)4/h5-9,16,18H,10-11,13-15H2,1-4H3/t16-,18-/m0/s1. The number of amides is 1. The maximum absolute atomic E-state index is 12.6. The third-order valence-corrected chi connectivity index (χ3v) is 5.87. The number of piperazine rings is 2. The number of pyridine rings is 1. The lowest BCUT2D eigenvalue weighted by Gasteiger charge is -2.51. The first-order valence-electron chi connectivity index (χ1n) is 10.5. The van der Waals surface area contributed by atoms with Gasteiger partial charge in [0.15, 0.2) is 0 Å². The van der Waals surface area contributed by atoms with E-state index in [2.05, 4.69) is 27.8 Å². The Labute approximate surface area is 177 Å². The Morgan fingerprint density at radius 1 is 1.20 bits per heavy atom. The second-order valence-corrected chi connectivity index (χ2v) is 9.22. The molecular weight excluding hydrogens is 378 g/mol. The van der Waals surface area contributed by atoms with Crippen LogP contribution in [0.1, 0.15) is 33.3 Å². The Hall–Kier alpha value is -2.85. The highest BCUT2D eigenvalue weighted by molar-refractivity contribution is 5.95. The molecule has 7 heteroatoms. The van der Waals surface area contributed by atoms with Gasteiger partial charge in [-0.2, -0.15) is 5.26 Å². The molecule has 0 unspecified atom stereocenters. The van der Waals surface area contributed by atoms with Gasteiger partial charge in [-0.3, -0.25) is 9.88 Å². The second-order valence-electron chi connectivity index (χ2n) is 9.22. The first-order chi connectivity index (χ1) is 14.3. The molecule has 1 amide bonds. The second kappa shape index (κ2) is 7.77. The molecule has 7 nitrogen and oxygen atoms in total. The van der Waals surface area contributed by atoms with Crippen LogP contribution < -0.4 is 4.90 Å². The number of nitriles is 1. The molecule has 2 fully saturated rings. The largest absolute Gasteiger partial charge is 0.444 e. The van der Waals surface area contributed by atoms with Crippen molar-refractivity contribution in [2.75, 3.05) is 37.6 Å². The number of benzene rings is 1. The lowest BCUT2D eigenvalue weighted by atomic mass is 10.0. The average Bonchev–Trinajstić information content (AvgIpc) is 2.71. The minimum absolute atomic E-state index is 0.234. The maximum atomic E-state index is 12.6. The Morgan fingerprint density at radius 3 is 2.73 bits per heavy atom. The summed E-state index contributed by atoms with van der Waals surface area (Å²) in [6.45, 7) is 11.9. The van der Waals surface area contributed by atoms with Gasteiger partial charge in [0.1, 0.15) is 11.7 Å². The van der Waals surface area contributed by atoms with Crippen LogP contribution >= 0.6 is 0 Å². The molecule has 0 radical (unpaired) electrons. The summed E-state index contributed by atoms with van der Waals surface area (Å²) >= 11 is 0. The molecule has 2 aliphatic rings. The van der Waals surface area contributed by atoms with Crippen molar-refractivity contribution in [2.24, 2.45) is 0 Å². The van der Waals surface area contributed by atoms with Crippen molar-refractivity contribution in [2.45, 2.75) is 45.4 Å². The van der Waals surface area contributed by atoms with Gasteiger partial charge in [0, 0.05) is 62.1 Å². The van der Waals surface area contributed by atoms with Crippen LogP contribution in [0.15, 0.2) is 30.5 Å². The van der Waals surface area contributed by atoms with Gasteiger partial charge in [0.05, 0.1) is 11.1 Å². The maximum Gasteiger partial charge on any atom is 0.410 e. The Bertz CT molecular complexity index is 993. The fourth-order valence-corrected chi connectivity index (χ4v) is 4.58. The topological polar surface area (TPSA) is 72.7 Å². The van der Waals surface area contributed by atoms with Crippen molar-refractivity contribution in [1.29, 1.82) is 5.26 Å². The molecule has 0 saturated carbocycles. The number of hydrogen-bond donors (Lipinski definition) is 0. The van der Waals surface area contributed by atoms with Crippen LogP contribution in [-0.4, -0.2) is 71.3 Å². The van der Waals surface area contributed by atoms with E-state index in [1.165, 1.54) is 0 Å². The molecule has 4 rings (SSSR count). The number of hydrogen-bond acceptors (Lipinski definition) is 6. The number of anilines is 1. The monoisotopic (exact) mass is 407 g/mol. The van der Waals surface area contributed by atoms with E-state index in [-0.39, 0.29) is 12.1 Å². The van der Waals surface area contributed by atoms with E-state index in [9.17, 15) is 10.1 Å². The molecule has 0 bridgehead atoms. The summed E-state index contributed by atoms with van der Waals surface area (Å²) in [6.07, 6.45) is 1.49. The molecule has 2 atom stereocenters. The van der Waals surface area contributed by atoms with Crippen LogP contribution in [0.25, 0.3) is 10.9 Å². The quantitative estimate of drug-likeness (QED) is 0.723. The fraction of sp³-hybridized carbons (Fsp3) is 0.522. The molecule has 3 heterocycles. The summed E-state index contributed by atoms with van der Waals surface area (Å²) < 4.78 is 5.59. The minimum Gasteiger partial charge on any atom is -0.444 e. The summed E-state index contributed by atoms with van der Waals surface area (Å²) in [7, 11) is 0. The van der Waals surface area contributed by atoms with Crippen molar-refractivity contribution in [3.8, 4) is 6.07 Å². The minimum atomic E-state index is -0.492. The van der Waals surface area contributed by atoms with Gasteiger partial charge in [0.2, 0.25) is 0 Å². The summed E-state index contributed by atoms with van der Waals surface area (Å²) in [5.74, 6) is 0. The van der Waals surface area contributed by atoms with Crippen LogP contribution in [-0.2, 0) is 4.74 Å². The number of nitrogens with zero attached hydrogens (tertiary/aromatic N) is 5. The first-order valence-corrected chi connectivity index (χ1v) is 10.5. The molecular formula is C23H29N5O2. The normalized spacial score (nSPS) is 22.5. The van der Waals surface area contributed by atoms with Crippen molar-refractivity contribution in [1.82, 2.24) is 14.8 Å². The van der Waals surface area contributed by atoms with Gasteiger partial charge >= 0.3 is 6.09 Å².